The van der Waals surface area contributed by atoms with E-state index in [4.69, 9.17) is 4.74 Å². The molecule has 0 fully saturated rings. The van der Waals surface area contributed by atoms with E-state index in [9.17, 15) is 0 Å². The van der Waals surface area contributed by atoms with Crippen LogP contribution in [0.4, 0.5) is 0 Å². The molecule has 206 valence electrons. The van der Waals surface area contributed by atoms with Crippen LogP contribution in [0.25, 0.3) is 75.8 Å². The smallest absolute Gasteiger partial charge is 0.135 e. The Morgan fingerprint density at radius 1 is 0.341 bits per heavy atom. The fraction of sp³-hybridized carbons (Fsp3) is 0. The fourth-order valence-electron chi connectivity index (χ4n) is 6.63. The van der Waals surface area contributed by atoms with E-state index < -0.39 is 0 Å². The lowest BCUT2D eigenvalue weighted by Crippen LogP contribution is -1.97. The number of rotatable bonds is 4. The molecule has 0 bridgehead atoms. The van der Waals surface area contributed by atoms with Crippen molar-refractivity contribution >= 4 is 32.9 Å². The molecule has 0 saturated carbocycles. The van der Waals surface area contributed by atoms with Crippen LogP contribution in [0.15, 0.2) is 158 Å². The molecule has 2 heteroatoms. The highest BCUT2D eigenvalue weighted by molar-refractivity contribution is 7.18. The van der Waals surface area contributed by atoms with Gasteiger partial charge in [-0.25, -0.2) is 0 Å². The largest absolute Gasteiger partial charge is 0.456 e. The number of hydrogen-bond acceptors (Lipinski definition) is 2. The second kappa shape index (κ2) is 10.1. The number of fused-ring (bicyclic) bond motifs is 3. The van der Waals surface area contributed by atoms with E-state index >= 15 is 0 Å². The van der Waals surface area contributed by atoms with E-state index in [0.29, 0.717) is 0 Å². The lowest BCUT2D eigenvalue weighted by Gasteiger charge is -2.21. The Labute approximate surface area is 260 Å². The van der Waals surface area contributed by atoms with E-state index in [1.54, 1.807) is 0 Å². The van der Waals surface area contributed by atoms with Crippen LogP contribution in [0.5, 0.6) is 11.5 Å². The first-order valence-corrected chi connectivity index (χ1v) is 15.7. The second-order valence-corrected chi connectivity index (χ2v) is 12.4. The zero-order valence-corrected chi connectivity index (χ0v) is 24.6. The standard InChI is InChI=1S/C42H26OS/c1-2-9-27(10-3-1)33-15-6-11-30-12-7-16-34(41(30)33)28-19-21-29(22-20-28)39-23-24-40(44-39)32-25-31-13-8-18-38-42(31)36(26-32)35-14-4-5-17-37(35)43-38/h1-26H. The van der Waals surface area contributed by atoms with E-state index in [1.165, 1.54) is 70.2 Å². The maximum atomic E-state index is 6.25. The van der Waals surface area contributed by atoms with Crippen molar-refractivity contribution in [2.75, 3.05) is 0 Å². The Kier molecular flexibility index (Phi) is 5.75. The molecule has 0 radical (unpaired) electrons. The molecule has 44 heavy (non-hydrogen) atoms. The highest BCUT2D eigenvalue weighted by Crippen LogP contribution is 2.48. The minimum absolute atomic E-state index is 0.915. The van der Waals surface area contributed by atoms with Gasteiger partial charge in [-0.15, -0.1) is 11.3 Å². The quantitative estimate of drug-likeness (QED) is 0.202. The normalized spacial score (nSPS) is 11.8. The molecule has 0 N–H and O–H groups in total. The molecule has 0 saturated heterocycles. The van der Waals surface area contributed by atoms with Crippen LogP contribution >= 0.6 is 11.3 Å². The Hall–Kier alpha value is -5.44. The molecule has 1 aromatic heterocycles. The van der Waals surface area contributed by atoms with Gasteiger partial charge in [0.2, 0.25) is 0 Å². The Morgan fingerprint density at radius 2 is 0.932 bits per heavy atom. The minimum atomic E-state index is 0.915. The van der Waals surface area contributed by atoms with Crippen LogP contribution in [-0.4, -0.2) is 0 Å². The number of benzene rings is 7. The number of hydrogen-bond donors (Lipinski definition) is 0. The lowest BCUT2D eigenvalue weighted by atomic mass is 9.91. The van der Waals surface area contributed by atoms with Crippen LogP contribution in [0.3, 0.4) is 0 Å². The summed E-state index contributed by atoms with van der Waals surface area (Å²) < 4.78 is 6.25. The highest BCUT2D eigenvalue weighted by Gasteiger charge is 2.21. The summed E-state index contributed by atoms with van der Waals surface area (Å²) in [7, 11) is 0. The van der Waals surface area contributed by atoms with Crippen molar-refractivity contribution in [1.82, 2.24) is 0 Å². The first kappa shape index (κ1) is 25.1. The summed E-state index contributed by atoms with van der Waals surface area (Å²) in [5.41, 5.74) is 9.84. The second-order valence-electron chi connectivity index (χ2n) is 11.3. The van der Waals surface area contributed by atoms with Crippen LogP contribution in [0, 0.1) is 0 Å². The molecule has 1 aliphatic rings. The fourth-order valence-corrected chi connectivity index (χ4v) is 7.63. The topological polar surface area (TPSA) is 9.23 Å². The van der Waals surface area contributed by atoms with Crippen molar-refractivity contribution in [3.05, 3.63) is 158 Å². The average Bonchev–Trinajstić information content (AvgIpc) is 3.59. The molecule has 0 amide bonds. The van der Waals surface area contributed by atoms with Gasteiger partial charge in [0.1, 0.15) is 11.5 Å². The van der Waals surface area contributed by atoms with Crippen molar-refractivity contribution in [2.45, 2.75) is 0 Å². The monoisotopic (exact) mass is 578 g/mol. The lowest BCUT2D eigenvalue weighted by molar-refractivity contribution is 0.487. The predicted molar refractivity (Wildman–Crippen MR) is 187 cm³/mol. The van der Waals surface area contributed by atoms with Crippen LogP contribution in [0.2, 0.25) is 0 Å². The van der Waals surface area contributed by atoms with Crippen molar-refractivity contribution in [1.29, 1.82) is 0 Å². The van der Waals surface area contributed by atoms with Gasteiger partial charge in [0, 0.05) is 20.7 Å². The molecule has 9 rings (SSSR count). The Bertz CT molecular complexity index is 2340. The molecule has 1 aliphatic heterocycles. The minimum Gasteiger partial charge on any atom is -0.456 e. The first-order chi connectivity index (χ1) is 21.8. The van der Waals surface area contributed by atoms with Crippen LogP contribution < -0.4 is 4.74 Å². The zero-order valence-electron chi connectivity index (χ0n) is 23.8. The Balaban J connectivity index is 1.09. The van der Waals surface area contributed by atoms with Crippen molar-refractivity contribution in [2.24, 2.45) is 0 Å². The summed E-state index contributed by atoms with van der Waals surface area (Å²) in [6.45, 7) is 0. The molecule has 7 aromatic carbocycles. The van der Waals surface area contributed by atoms with E-state index in [0.717, 1.165) is 17.1 Å². The summed E-state index contributed by atoms with van der Waals surface area (Å²) in [5, 5.41) is 4.94. The van der Waals surface area contributed by atoms with Crippen LogP contribution in [0.1, 0.15) is 0 Å². The van der Waals surface area contributed by atoms with Gasteiger partial charge in [-0.1, -0.05) is 121 Å². The van der Waals surface area contributed by atoms with Gasteiger partial charge in [0.25, 0.3) is 0 Å². The van der Waals surface area contributed by atoms with Crippen molar-refractivity contribution in [3.8, 4) is 65.8 Å². The zero-order chi connectivity index (χ0) is 29.0. The highest BCUT2D eigenvalue weighted by atomic mass is 32.1. The molecule has 0 atom stereocenters. The van der Waals surface area contributed by atoms with Crippen molar-refractivity contribution in [3.63, 3.8) is 0 Å². The Morgan fingerprint density at radius 3 is 1.73 bits per heavy atom. The van der Waals surface area contributed by atoms with E-state index in [-0.39, 0.29) is 0 Å². The number of ether oxygens (including phenoxy) is 1. The molecule has 8 aromatic rings. The summed E-state index contributed by atoms with van der Waals surface area (Å²) in [6, 6.07) is 56.8. The third kappa shape index (κ3) is 4.07. The van der Waals surface area contributed by atoms with Gasteiger partial charge < -0.3 is 4.74 Å². The third-order valence-corrected chi connectivity index (χ3v) is 9.88. The van der Waals surface area contributed by atoms with Gasteiger partial charge in [-0.3, -0.25) is 0 Å². The van der Waals surface area contributed by atoms with Gasteiger partial charge in [-0.2, -0.15) is 0 Å². The van der Waals surface area contributed by atoms with Gasteiger partial charge in [0.05, 0.1) is 0 Å². The molecule has 1 nitrogen and oxygen atoms in total. The maximum Gasteiger partial charge on any atom is 0.135 e. The average molecular weight is 579 g/mol. The molecule has 0 aliphatic carbocycles. The predicted octanol–water partition coefficient (Wildman–Crippen LogP) is 12.5. The molecule has 2 heterocycles. The van der Waals surface area contributed by atoms with Gasteiger partial charge in [-0.05, 0) is 91.5 Å². The van der Waals surface area contributed by atoms with E-state index in [1.807, 2.05) is 17.4 Å². The first-order valence-electron chi connectivity index (χ1n) is 14.9. The summed E-state index contributed by atoms with van der Waals surface area (Å²) in [5.74, 6) is 1.84. The summed E-state index contributed by atoms with van der Waals surface area (Å²) >= 11 is 1.84. The van der Waals surface area contributed by atoms with Gasteiger partial charge in [0.15, 0.2) is 0 Å². The molecular formula is C42H26OS. The summed E-state index contributed by atoms with van der Waals surface area (Å²) in [4.78, 5) is 2.53. The van der Waals surface area contributed by atoms with E-state index in [2.05, 4.69) is 152 Å². The molecular weight excluding hydrogens is 553 g/mol. The number of thiophene rings is 1. The maximum absolute atomic E-state index is 6.25. The van der Waals surface area contributed by atoms with Crippen molar-refractivity contribution < 1.29 is 4.74 Å². The third-order valence-electron chi connectivity index (χ3n) is 8.70. The molecule has 0 unspecified atom stereocenters. The summed E-state index contributed by atoms with van der Waals surface area (Å²) in [6.07, 6.45) is 0. The van der Waals surface area contributed by atoms with Gasteiger partial charge >= 0.3 is 0 Å². The van der Waals surface area contributed by atoms with Crippen LogP contribution in [-0.2, 0) is 0 Å². The molecule has 0 spiro atoms. The SMILES string of the molecule is c1ccc(-c2cccc3cccc(-c4ccc(-c5ccc(-c6cc7c8c(cccc8c6)Oc6ccccc6-7)s5)cc4)c23)cc1. The number of para-hydroxylation sites is 1.